The van der Waals surface area contributed by atoms with E-state index in [1.54, 1.807) is 27.5 Å². The number of hydrogen-bond donors (Lipinski definition) is 1. The molecule has 1 N–H and O–H groups in total. The van der Waals surface area contributed by atoms with Gasteiger partial charge < -0.3 is 4.57 Å². The molecule has 0 aromatic carbocycles. The van der Waals surface area contributed by atoms with Crippen molar-refractivity contribution in [1.82, 2.24) is 14.3 Å². The first-order valence-electron chi connectivity index (χ1n) is 12.5. The summed E-state index contributed by atoms with van der Waals surface area (Å²) >= 11 is 0. The maximum atomic E-state index is 14.7. The average molecular weight is 575 g/mol. The van der Waals surface area contributed by atoms with Gasteiger partial charge in [0.2, 0.25) is 10.0 Å². The molecule has 1 aliphatic carbocycles. The van der Waals surface area contributed by atoms with Gasteiger partial charge in [-0.3, -0.25) is 4.98 Å². The Kier molecular flexibility index (Phi) is 9.38. The van der Waals surface area contributed by atoms with Crippen LogP contribution in [0.5, 0.6) is 0 Å². The first kappa shape index (κ1) is 30.8. The monoisotopic (exact) mass is 574 g/mol. The van der Waals surface area contributed by atoms with Crippen molar-refractivity contribution in [3.05, 3.63) is 76.5 Å². The van der Waals surface area contributed by atoms with Crippen LogP contribution in [-0.2, 0) is 10.0 Å². The van der Waals surface area contributed by atoms with Gasteiger partial charge in [0.25, 0.3) is 0 Å². The molecule has 40 heavy (non-hydrogen) atoms. The molecule has 212 valence electrons. The van der Waals surface area contributed by atoms with Crippen molar-refractivity contribution < 1.29 is 26.0 Å². The van der Waals surface area contributed by atoms with Crippen LogP contribution >= 0.6 is 0 Å². The van der Waals surface area contributed by atoms with Gasteiger partial charge in [-0.25, -0.2) is 12.8 Å². The molecule has 6 nitrogen and oxygen atoms in total. The predicted octanol–water partition coefficient (Wildman–Crippen LogP) is 5.28. The molecule has 0 saturated carbocycles. The molecule has 0 aliphatic heterocycles. The topological polar surface area (TPSA) is 87.8 Å². The van der Waals surface area contributed by atoms with Crippen LogP contribution in [0.15, 0.2) is 65.3 Å². The van der Waals surface area contributed by atoms with E-state index in [9.17, 15) is 31.2 Å². The third-order valence-corrected chi connectivity index (χ3v) is 7.98. The van der Waals surface area contributed by atoms with E-state index in [0.29, 0.717) is 35.3 Å². The molecule has 2 atom stereocenters. The summed E-state index contributed by atoms with van der Waals surface area (Å²) in [7, 11) is -4.54. The van der Waals surface area contributed by atoms with Crippen LogP contribution in [0.4, 0.5) is 17.6 Å². The molecule has 0 saturated heterocycles. The van der Waals surface area contributed by atoms with Gasteiger partial charge >= 0.3 is 6.18 Å². The SMILES string of the molecule is C\C=C(C)/C=c1/c(C#N)c(-c2ccc(S(=O)(=O)NC(C)C(F)(F)F)cn2)n(C2=CC(F)C=CC=C2)/c1=C(/C)CC. The van der Waals surface area contributed by atoms with Crippen molar-refractivity contribution in [2.24, 2.45) is 0 Å². The average Bonchev–Trinajstić information content (AvgIpc) is 3.05. The van der Waals surface area contributed by atoms with Gasteiger partial charge in [-0.2, -0.15) is 23.2 Å². The highest BCUT2D eigenvalue weighted by Crippen LogP contribution is 2.27. The van der Waals surface area contributed by atoms with E-state index in [2.05, 4.69) is 11.1 Å². The van der Waals surface area contributed by atoms with Crippen molar-refractivity contribution in [3.63, 3.8) is 0 Å². The molecule has 2 aromatic rings. The van der Waals surface area contributed by atoms with Crippen LogP contribution in [0.1, 0.15) is 46.6 Å². The highest BCUT2D eigenvalue weighted by Gasteiger charge is 2.39. The zero-order chi connectivity index (χ0) is 29.8. The molecule has 11 heteroatoms. The van der Waals surface area contributed by atoms with Crippen LogP contribution in [0, 0.1) is 11.3 Å². The first-order chi connectivity index (χ1) is 18.7. The number of hydrogen-bond acceptors (Lipinski definition) is 4. The number of nitriles is 1. The van der Waals surface area contributed by atoms with E-state index in [1.165, 1.54) is 18.2 Å². The van der Waals surface area contributed by atoms with E-state index in [-0.39, 0.29) is 11.3 Å². The van der Waals surface area contributed by atoms with Crippen LogP contribution in [0.3, 0.4) is 0 Å². The second-order valence-corrected chi connectivity index (χ2v) is 11.0. The number of nitrogens with one attached hydrogen (secondary N) is 1. The molecular formula is C29H30F4N4O2S. The molecule has 3 rings (SSSR count). The molecule has 2 heterocycles. The number of nitrogens with zero attached hydrogens (tertiary/aromatic N) is 3. The van der Waals surface area contributed by atoms with Crippen LogP contribution in [-0.4, -0.2) is 36.4 Å². The molecular weight excluding hydrogens is 544 g/mol. The minimum Gasteiger partial charge on any atom is -0.307 e. The second kappa shape index (κ2) is 12.2. The summed E-state index contributed by atoms with van der Waals surface area (Å²) in [4.78, 5) is 3.79. The molecule has 0 spiro atoms. The number of alkyl halides is 4. The Hall–Kier alpha value is -3.75. The van der Waals surface area contributed by atoms with Crippen molar-refractivity contribution in [2.45, 2.75) is 64.3 Å². The molecule has 2 unspecified atom stereocenters. The Morgan fingerprint density at radius 1 is 1.27 bits per heavy atom. The van der Waals surface area contributed by atoms with Gasteiger partial charge in [-0.15, -0.1) is 0 Å². The molecule has 0 radical (unpaired) electrons. The highest BCUT2D eigenvalue weighted by atomic mass is 32.2. The normalized spacial score (nSPS) is 18.3. The predicted molar refractivity (Wildman–Crippen MR) is 148 cm³/mol. The summed E-state index contributed by atoms with van der Waals surface area (Å²) in [6.07, 6.45) is 6.80. The smallest absolute Gasteiger partial charge is 0.307 e. The van der Waals surface area contributed by atoms with E-state index in [4.69, 9.17) is 0 Å². The molecule has 0 amide bonds. The zero-order valence-electron chi connectivity index (χ0n) is 22.7. The van der Waals surface area contributed by atoms with Gasteiger partial charge in [0.15, 0.2) is 0 Å². The van der Waals surface area contributed by atoms with Crippen molar-refractivity contribution in [3.8, 4) is 17.5 Å². The lowest BCUT2D eigenvalue weighted by Gasteiger charge is -2.17. The fraction of sp³-hybridized carbons (Fsp3) is 0.310. The van der Waals surface area contributed by atoms with Gasteiger partial charge in [-0.1, -0.05) is 30.7 Å². The lowest BCUT2D eigenvalue weighted by molar-refractivity contribution is -0.147. The standard InChI is InChI=1S/C29H30F4N4O2S/c1-6-18(3)14-24-25(16-34)28(37(27(24)19(4)7-2)22-11-9-8-10-21(30)15-22)26-13-12-23(17-35-26)40(38,39)36-20(5)29(31,32)33/h6,8-15,17,20-21,36H,7H2,1-5H3/b18-6-,24-14-,27-19-. The minimum absolute atomic E-state index is 0.184. The second-order valence-electron chi connectivity index (χ2n) is 9.29. The first-order valence-corrected chi connectivity index (χ1v) is 14.0. The quantitative estimate of drug-likeness (QED) is 0.456. The number of rotatable bonds is 7. The van der Waals surface area contributed by atoms with E-state index >= 15 is 0 Å². The van der Waals surface area contributed by atoms with Crippen molar-refractivity contribution >= 4 is 27.4 Å². The van der Waals surface area contributed by atoms with Crippen LogP contribution in [0.25, 0.3) is 28.7 Å². The molecule has 2 aromatic heterocycles. The van der Waals surface area contributed by atoms with E-state index < -0.39 is 33.3 Å². The number of sulfonamides is 1. The maximum Gasteiger partial charge on any atom is 0.404 e. The Labute approximate surface area is 231 Å². The lowest BCUT2D eigenvalue weighted by Crippen LogP contribution is -2.42. The number of aromatic nitrogens is 2. The number of pyridine rings is 1. The fourth-order valence-electron chi connectivity index (χ4n) is 4.04. The zero-order valence-corrected chi connectivity index (χ0v) is 23.5. The summed E-state index contributed by atoms with van der Waals surface area (Å²) < 4.78 is 82.1. The third kappa shape index (κ3) is 6.51. The lowest BCUT2D eigenvalue weighted by atomic mass is 10.1. The Morgan fingerprint density at radius 3 is 2.52 bits per heavy atom. The summed E-state index contributed by atoms with van der Waals surface area (Å²) in [5, 5.41) is 11.6. The minimum atomic E-state index is -4.77. The van der Waals surface area contributed by atoms with Gasteiger partial charge in [0, 0.05) is 17.1 Å². The highest BCUT2D eigenvalue weighted by molar-refractivity contribution is 7.89. The van der Waals surface area contributed by atoms with Gasteiger partial charge in [-0.05, 0) is 76.1 Å². The Morgan fingerprint density at radius 2 is 1.98 bits per heavy atom. The number of halogens is 4. The van der Waals surface area contributed by atoms with Gasteiger partial charge in [0.05, 0.1) is 22.3 Å². The summed E-state index contributed by atoms with van der Waals surface area (Å²) in [6, 6.07) is 2.38. The fourth-order valence-corrected chi connectivity index (χ4v) is 5.21. The molecule has 1 aliphatic rings. The summed E-state index contributed by atoms with van der Waals surface area (Å²) in [6.45, 7) is 8.29. The molecule has 0 bridgehead atoms. The largest absolute Gasteiger partial charge is 0.404 e. The van der Waals surface area contributed by atoms with Crippen molar-refractivity contribution in [2.75, 3.05) is 0 Å². The van der Waals surface area contributed by atoms with Gasteiger partial charge in [0.1, 0.15) is 23.2 Å². The Bertz CT molecular complexity index is 1670. The maximum absolute atomic E-state index is 14.7. The third-order valence-electron chi connectivity index (χ3n) is 6.46. The summed E-state index contributed by atoms with van der Waals surface area (Å²) in [5.74, 6) is 0. The van der Waals surface area contributed by atoms with Crippen LogP contribution < -0.4 is 15.3 Å². The molecule has 0 fully saturated rings. The van der Waals surface area contributed by atoms with Crippen LogP contribution in [0.2, 0.25) is 0 Å². The Balaban J connectivity index is 2.39. The van der Waals surface area contributed by atoms with E-state index in [1.807, 2.05) is 39.8 Å². The summed E-state index contributed by atoms with van der Waals surface area (Å²) in [5.41, 5.74) is 2.93. The van der Waals surface area contributed by atoms with E-state index in [0.717, 1.165) is 23.4 Å². The van der Waals surface area contributed by atoms with Crippen molar-refractivity contribution in [1.29, 1.82) is 5.26 Å². The number of allylic oxidation sites excluding steroid dienone is 8.